The van der Waals surface area contributed by atoms with Gasteiger partial charge in [0.2, 0.25) is 11.8 Å². The zero-order valence-electron chi connectivity index (χ0n) is 14.5. The fraction of sp³-hybridized carbons (Fsp3) is 0.444. The van der Waals surface area contributed by atoms with Crippen LogP contribution in [0.4, 0.5) is 5.82 Å². The zero-order chi connectivity index (χ0) is 17.8. The van der Waals surface area contributed by atoms with Crippen LogP contribution in [0.3, 0.4) is 0 Å². The second kappa shape index (κ2) is 7.46. The average molecular weight is 342 g/mol. The van der Waals surface area contributed by atoms with Gasteiger partial charge in [-0.2, -0.15) is 0 Å². The molecule has 1 aromatic rings. The van der Waals surface area contributed by atoms with Gasteiger partial charge in [-0.15, -0.1) is 0 Å². The summed E-state index contributed by atoms with van der Waals surface area (Å²) in [4.78, 5) is 34.6. The van der Waals surface area contributed by atoms with E-state index in [9.17, 15) is 9.59 Å². The number of pyridine rings is 1. The number of rotatable bonds is 5. The highest BCUT2D eigenvalue weighted by Crippen LogP contribution is 2.22. The number of hydrogen-bond acceptors (Lipinski definition) is 5. The molecule has 7 nitrogen and oxygen atoms in total. The van der Waals surface area contributed by atoms with E-state index < -0.39 is 0 Å². The van der Waals surface area contributed by atoms with E-state index in [1.54, 1.807) is 23.2 Å². The summed E-state index contributed by atoms with van der Waals surface area (Å²) >= 11 is 0. The van der Waals surface area contributed by atoms with Crippen LogP contribution in [0, 0.1) is 5.92 Å². The minimum Gasteiger partial charge on any atom is -0.396 e. The summed E-state index contributed by atoms with van der Waals surface area (Å²) in [6.45, 7) is 5.70. The van der Waals surface area contributed by atoms with Crippen LogP contribution in [0.5, 0.6) is 0 Å². The van der Waals surface area contributed by atoms with E-state index in [1.807, 2.05) is 19.9 Å². The number of oxime groups is 1. The van der Waals surface area contributed by atoms with Crippen molar-refractivity contribution in [1.29, 1.82) is 0 Å². The first-order valence-electron chi connectivity index (χ1n) is 8.49. The van der Waals surface area contributed by atoms with Crippen LogP contribution >= 0.6 is 0 Å². The molecule has 1 saturated heterocycles. The maximum atomic E-state index is 12.2. The van der Waals surface area contributed by atoms with Crippen LogP contribution in [-0.4, -0.2) is 47.1 Å². The number of amides is 2. The van der Waals surface area contributed by atoms with Crippen LogP contribution < -0.4 is 5.32 Å². The molecule has 0 aliphatic carbocycles. The van der Waals surface area contributed by atoms with Crippen molar-refractivity contribution in [2.45, 2.75) is 26.7 Å². The van der Waals surface area contributed by atoms with Crippen molar-refractivity contribution in [3.05, 3.63) is 29.5 Å². The normalized spacial score (nSPS) is 17.9. The fourth-order valence-electron chi connectivity index (χ4n) is 2.80. The summed E-state index contributed by atoms with van der Waals surface area (Å²) < 4.78 is 0. The predicted octanol–water partition coefficient (Wildman–Crippen LogP) is 1.85. The number of aryl methyl sites for hydroxylation is 1. The van der Waals surface area contributed by atoms with Crippen molar-refractivity contribution in [3.63, 3.8) is 0 Å². The van der Waals surface area contributed by atoms with E-state index in [0.29, 0.717) is 38.4 Å². The van der Waals surface area contributed by atoms with E-state index in [-0.39, 0.29) is 17.7 Å². The topological polar surface area (TPSA) is 83.9 Å². The molecule has 0 radical (unpaired) electrons. The maximum absolute atomic E-state index is 12.2. The third-order valence-corrected chi connectivity index (χ3v) is 4.41. The molecule has 0 atom stereocenters. The third-order valence-electron chi connectivity index (χ3n) is 4.41. The third kappa shape index (κ3) is 4.04. The Labute approximate surface area is 146 Å². The number of nitrogens with zero attached hydrogens (tertiary/aromatic N) is 3. The highest BCUT2D eigenvalue weighted by atomic mass is 16.6. The largest absolute Gasteiger partial charge is 0.396 e. The van der Waals surface area contributed by atoms with Gasteiger partial charge < -0.3 is 15.1 Å². The van der Waals surface area contributed by atoms with E-state index >= 15 is 0 Å². The van der Waals surface area contributed by atoms with Gasteiger partial charge in [0.25, 0.3) is 0 Å². The molecular weight excluding hydrogens is 320 g/mol. The van der Waals surface area contributed by atoms with Crippen molar-refractivity contribution in [2.75, 3.05) is 25.0 Å². The van der Waals surface area contributed by atoms with Crippen LogP contribution in [-0.2, 0) is 20.8 Å². The minimum atomic E-state index is -0.0218. The minimum absolute atomic E-state index is 0.00558. The first-order valence-corrected chi connectivity index (χ1v) is 8.49. The summed E-state index contributed by atoms with van der Waals surface area (Å²) in [6.07, 6.45) is 6.14. The summed E-state index contributed by atoms with van der Waals surface area (Å²) in [5, 5.41) is 6.77. The van der Waals surface area contributed by atoms with E-state index in [2.05, 4.69) is 15.5 Å². The number of fused-ring (bicyclic) bond motifs is 1. The lowest BCUT2D eigenvalue weighted by atomic mass is 9.95. The first-order chi connectivity index (χ1) is 12.1. The van der Waals surface area contributed by atoms with E-state index in [4.69, 9.17) is 4.84 Å². The SMILES string of the molecule is CCON=C(C)C1CN(C(=O)C=Cc2cnc3c(c2)CCC(=O)N3)C1. The molecule has 2 aliphatic heterocycles. The molecule has 2 aliphatic rings. The Bertz CT molecular complexity index is 736. The Balaban J connectivity index is 1.55. The lowest BCUT2D eigenvalue weighted by molar-refractivity contribution is -0.130. The Kier molecular flexibility index (Phi) is 5.11. The second-order valence-electron chi connectivity index (χ2n) is 6.25. The van der Waals surface area contributed by atoms with Gasteiger partial charge in [-0.05, 0) is 43.5 Å². The van der Waals surface area contributed by atoms with Gasteiger partial charge in [0.15, 0.2) is 0 Å². The number of hydrogen-bond donors (Lipinski definition) is 1. The van der Waals surface area contributed by atoms with Gasteiger partial charge in [0, 0.05) is 37.7 Å². The Hall–Kier alpha value is -2.70. The molecular formula is C18H22N4O3. The quantitative estimate of drug-likeness (QED) is 0.503. The molecule has 0 aromatic carbocycles. The number of likely N-dealkylation sites (tertiary alicyclic amines) is 1. The number of carbonyl (C=O) groups excluding carboxylic acids is 2. The fourth-order valence-corrected chi connectivity index (χ4v) is 2.80. The smallest absolute Gasteiger partial charge is 0.246 e. The summed E-state index contributed by atoms with van der Waals surface area (Å²) in [5.41, 5.74) is 2.78. The molecule has 25 heavy (non-hydrogen) atoms. The van der Waals surface area contributed by atoms with Crippen molar-refractivity contribution in [1.82, 2.24) is 9.88 Å². The van der Waals surface area contributed by atoms with Crippen molar-refractivity contribution >= 4 is 29.4 Å². The van der Waals surface area contributed by atoms with Crippen LogP contribution in [0.25, 0.3) is 6.08 Å². The molecule has 0 unspecified atom stereocenters. The van der Waals surface area contributed by atoms with E-state index in [1.165, 1.54) is 0 Å². The first kappa shape index (κ1) is 17.1. The molecule has 0 bridgehead atoms. The summed E-state index contributed by atoms with van der Waals surface area (Å²) in [6, 6.07) is 1.96. The van der Waals surface area contributed by atoms with Crippen LogP contribution in [0.2, 0.25) is 0 Å². The number of carbonyl (C=O) groups is 2. The molecule has 1 N–H and O–H groups in total. The van der Waals surface area contributed by atoms with Gasteiger partial charge in [0.05, 0.1) is 5.71 Å². The maximum Gasteiger partial charge on any atom is 0.246 e. The van der Waals surface area contributed by atoms with Crippen LogP contribution in [0.1, 0.15) is 31.4 Å². The van der Waals surface area contributed by atoms with Crippen LogP contribution in [0.15, 0.2) is 23.5 Å². The Morgan fingerprint density at radius 2 is 2.28 bits per heavy atom. The molecule has 1 aromatic heterocycles. The molecule has 0 saturated carbocycles. The van der Waals surface area contributed by atoms with Crippen molar-refractivity contribution in [3.8, 4) is 0 Å². The van der Waals surface area contributed by atoms with Gasteiger partial charge in [-0.1, -0.05) is 5.16 Å². The van der Waals surface area contributed by atoms with Gasteiger partial charge in [0.1, 0.15) is 12.4 Å². The number of anilines is 1. The van der Waals surface area contributed by atoms with Crippen molar-refractivity contribution in [2.24, 2.45) is 11.1 Å². The molecule has 0 spiro atoms. The standard InChI is InChI=1S/C18H22N4O3/c1-3-25-21-12(2)15-10-22(11-15)17(24)7-4-13-8-14-5-6-16(23)20-18(14)19-9-13/h4,7-9,15H,3,5-6,10-11H2,1-2H3,(H,19,20,23). The summed E-state index contributed by atoms with van der Waals surface area (Å²) in [7, 11) is 0. The highest BCUT2D eigenvalue weighted by molar-refractivity contribution is 5.95. The number of nitrogens with one attached hydrogen (secondary N) is 1. The molecule has 1 fully saturated rings. The Morgan fingerprint density at radius 3 is 3.04 bits per heavy atom. The molecule has 2 amide bonds. The van der Waals surface area contributed by atoms with E-state index in [0.717, 1.165) is 16.8 Å². The molecule has 7 heteroatoms. The lowest BCUT2D eigenvalue weighted by Crippen LogP contribution is -2.52. The molecule has 3 rings (SSSR count). The van der Waals surface area contributed by atoms with Gasteiger partial charge >= 0.3 is 0 Å². The number of aromatic nitrogens is 1. The zero-order valence-corrected chi connectivity index (χ0v) is 14.5. The van der Waals surface area contributed by atoms with Crippen molar-refractivity contribution < 1.29 is 14.4 Å². The second-order valence-corrected chi connectivity index (χ2v) is 6.25. The highest BCUT2D eigenvalue weighted by Gasteiger charge is 2.31. The Morgan fingerprint density at radius 1 is 1.48 bits per heavy atom. The predicted molar refractivity (Wildman–Crippen MR) is 95.0 cm³/mol. The van der Waals surface area contributed by atoms with Gasteiger partial charge in [-0.3, -0.25) is 9.59 Å². The lowest BCUT2D eigenvalue weighted by Gasteiger charge is -2.38. The monoisotopic (exact) mass is 342 g/mol. The molecule has 132 valence electrons. The summed E-state index contributed by atoms with van der Waals surface area (Å²) in [5.74, 6) is 0.868. The average Bonchev–Trinajstić information content (AvgIpc) is 2.56. The molecule has 3 heterocycles. The van der Waals surface area contributed by atoms with Gasteiger partial charge in [-0.25, -0.2) is 4.98 Å².